The number of amidine groups is 1. The number of carbonyl (C=O) groups is 2. The van der Waals surface area contributed by atoms with Gasteiger partial charge in [-0.05, 0) is 42.8 Å². The van der Waals surface area contributed by atoms with E-state index in [1.54, 1.807) is 12.1 Å². The molecule has 194 valence electrons. The quantitative estimate of drug-likeness (QED) is 0.429. The maximum Gasteiger partial charge on any atom is 0.416 e. The van der Waals surface area contributed by atoms with Gasteiger partial charge in [-0.1, -0.05) is 18.2 Å². The first-order valence-corrected chi connectivity index (χ1v) is 11.1. The molecule has 8 nitrogen and oxygen atoms in total. The number of nitrogens with one attached hydrogen (secondary N) is 1. The molecule has 0 fully saturated rings. The van der Waals surface area contributed by atoms with Crippen molar-refractivity contribution in [2.45, 2.75) is 19.0 Å². The van der Waals surface area contributed by atoms with Crippen LogP contribution in [0.4, 0.5) is 18.9 Å². The van der Waals surface area contributed by atoms with E-state index in [2.05, 4.69) is 0 Å². The SMILES string of the molecule is COCCOC(=O)C1C(=N)N(c2cccc(C(F)(F)F)c2)C(C)=C(C(=O)OC)C1c1ccc(C#N)cc1. The number of nitrogens with zero attached hydrogens (tertiary/aromatic N) is 2. The third kappa shape index (κ3) is 5.65. The highest BCUT2D eigenvalue weighted by molar-refractivity contribution is 6.14. The minimum absolute atomic E-state index is 0.0330. The third-order valence-electron chi connectivity index (χ3n) is 5.93. The molecule has 2 aromatic carbocycles. The average Bonchev–Trinajstić information content (AvgIpc) is 2.87. The molecule has 0 amide bonds. The third-order valence-corrected chi connectivity index (χ3v) is 5.93. The fourth-order valence-corrected chi connectivity index (χ4v) is 4.22. The summed E-state index contributed by atoms with van der Waals surface area (Å²) in [6.07, 6.45) is -4.65. The molecule has 1 N–H and O–H groups in total. The molecule has 0 saturated carbocycles. The summed E-state index contributed by atoms with van der Waals surface area (Å²) in [6, 6.07) is 12.3. The molecule has 0 bridgehead atoms. The van der Waals surface area contributed by atoms with Crippen molar-refractivity contribution in [2.24, 2.45) is 5.92 Å². The van der Waals surface area contributed by atoms with Crippen LogP contribution in [0.15, 0.2) is 59.8 Å². The summed E-state index contributed by atoms with van der Waals surface area (Å²) in [5.74, 6) is -4.57. The lowest BCUT2D eigenvalue weighted by atomic mass is 9.75. The Bertz CT molecular complexity index is 1270. The van der Waals surface area contributed by atoms with E-state index in [0.717, 1.165) is 24.1 Å². The van der Waals surface area contributed by atoms with Crippen molar-refractivity contribution in [3.63, 3.8) is 0 Å². The zero-order valence-electron chi connectivity index (χ0n) is 20.3. The van der Waals surface area contributed by atoms with Crippen LogP contribution in [-0.2, 0) is 30.0 Å². The molecule has 2 aromatic rings. The first-order valence-electron chi connectivity index (χ1n) is 11.1. The lowest BCUT2D eigenvalue weighted by Gasteiger charge is -2.40. The highest BCUT2D eigenvalue weighted by Gasteiger charge is 2.47. The summed E-state index contributed by atoms with van der Waals surface area (Å²) in [5, 5.41) is 18.1. The summed E-state index contributed by atoms with van der Waals surface area (Å²) in [4.78, 5) is 27.5. The maximum absolute atomic E-state index is 13.4. The number of hydrogen-bond donors (Lipinski definition) is 1. The van der Waals surface area contributed by atoms with E-state index < -0.39 is 35.5 Å². The van der Waals surface area contributed by atoms with Crippen LogP contribution in [0.2, 0.25) is 0 Å². The summed E-state index contributed by atoms with van der Waals surface area (Å²) < 4.78 is 55.5. The number of carbonyl (C=O) groups excluding carboxylic acids is 2. The Morgan fingerprint density at radius 1 is 1.11 bits per heavy atom. The smallest absolute Gasteiger partial charge is 0.416 e. The van der Waals surface area contributed by atoms with Crippen molar-refractivity contribution >= 4 is 23.5 Å². The molecular weight excluding hydrogens is 491 g/mol. The van der Waals surface area contributed by atoms with E-state index in [9.17, 15) is 22.8 Å². The van der Waals surface area contributed by atoms with E-state index in [1.165, 1.54) is 38.3 Å². The molecule has 37 heavy (non-hydrogen) atoms. The predicted octanol–water partition coefficient (Wildman–Crippen LogP) is 4.41. The number of allylic oxidation sites excluding steroid dienone is 1. The highest BCUT2D eigenvalue weighted by Crippen LogP contribution is 2.44. The topological polar surface area (TPSA) is 113 Å². The zero-order valence-corrected chi connectivity index (χ0v) is 20.3. The second-order valence-electron chi connectivity index (χ2n) is 8.11. The van der Waals surface area contributed by atoms with Crippen molar-refractivity contribution in [3.05, 3.63) is 76.5 Å². The van der Waals surface area contributed by atoms with Gasteiger partial charge in [0.15, 0.2) is 0 Å². The monoisotopic (exact) mass is 515 g/mol. The first kappa shape index (κ1) is 27.4. The second kappa shape index (κ2) is 11.3. The van der Waals surface area contributed by atoms with Gasteiger partial charge in [-0.3, -0.25) is 10.2 Å². The van der Waals surface area contributed by atoms with Crippen molar-refractivity contribution in [2.75, 3.05) is 32.3 Å². The molecule has 0 radical (unpaired) electrons. The van der Waals surface area contributed by atoms with Crippen LogP contribution in [-0.4, -0.2) is 45.2 Å². The molecule has 1 aliphatic rings. The van der Waals surface area contributed by atoms with Gasteiger partial charge < -0.3 is 19.1 Å². The van der Waals surface area contributed by atoms with Gasteiger partial charge >= 0.3 is 18.1 Å². The molecule has 0 aliphatic carbocycles. The van der Waals surface area contributed by atoms with Crippen molar-refractivity contribution in [1.82, 2.24) is 0 Å². The highest BCUT2D eigenvalue weighted by atomic mass is 19.4. The lowest BCUT2D eigenvalue weighted by Crippen LogP contribution is -2.48. The van der Waals surface area contributed by atoms with Crippen LogP contribution in [0.25, 0.3) is 0 Å². The van der Waals surface area contributed by atoms with Gasteiger partial charge in [-0.15, -0.1) is 0 Å². The molecule has 2 unspecified atom stereocenters. The van der Waals surface area contributed by atoms with E-state index >= 15 is 0 Å². The van der Waals surface area contributed by atoms with Gasteiger partial charge in [0.1, 0.15) is 18.4 Å². The van der Waals surface area contributed by atoms with Crippen LogP contribution in [0, 0.1) is 22.7 Å². The minimum Gasteiger partial charge on any atom is -0.466 e. The van der Waals surface area contributed by atoms with E-state index in [4.69, 9.17) is 24.9 Å². The van der Waals surface area contributed by atoms with Crippen LogP contribution in [0.1, 0.15) is 29.5 Å². The van der Waals surface area contributed by atoms with Gasteiger partial charge in [0.2, 0.25) is 0 Å². The van der Waals surface area contributed by atoms with E-state index in [0.29, 0.717) is 11.1 Å². The Balaban J connectivity index is 2.26. The molecule has 1 heterocycles. The Labute approximate surface area is 211 Å². The molecule has 0 saturated heterocycles. The molecule has 0 spiro atoms. The first-order chi connectivity index (χ1) is 17.5. The van der Waals surface area contributed by atoms with Gasteiger partial charge in [-0.2, -0.15) is 18.4 Å². The number of rotatable bonds is 7. The normalized spacial score (nSPS) is 17.9. The van der Waals surface area contributed by atoms with Gasteiger partial charge in [-0.25, -0.2) is 4.79 Å². The summed E-state index contributed by atoms with van der Waals surface area (Å²) >= 11 is 0. The van der Waals surface area contributed by atoms with Gasteiger partial charge in [0.25, 0.3) is 0 Å². The predicted molar refractivity (Wildman–Crippen MR) is 127 cm³/mol. The Morgan fingerprint density at radius 2 is 1.78 bits per heavy atom. The second-order valence-corrected chi connectivity index (χ2v) is 8.11. The number of hydrogen-bond acceptors (Lipinski definition) is 7. The molecule has 0 aromatic heterocycles. The molecule has 3 rings (SSSR count). The van der Waals surface area contributed by atoms with Gasteiger partial charge in [0, 0.05) is 24.4 Å². The lowest BCUT2D eigenvalue weighted by molar-refractivity contribution is -0.148. The molecular formula is C26H24F3N3O5. The number of halogens is 3. The van der Waals surface area contributed by atoms with Crippen LogP contribution >= 0.6 is 0 Å². The fourth-order valence-electron chi connectivity index (χ4n) is 4.22. The summed E-state index contributed by atoms with van der Waals surface area (Å²) in [6.45, 7) is 1.40. The molecule has 11 heteroatoms. The standard InChI is InChI=1S/C26H24F3N3O5/c1-15-20(24(33)36-3)21(17-9-7-16(14-30)8-10-17)22(25(34)37-12-11-35-2)23(31)32(15)19-6-4-5-18(13-19)26(27,28)29/h4-10,13,21-22,31H,11-12H2,1-3H3. The van der Waals surface area contributed by atoms with E-state index in [-0.39, 0.29) is 36.0 Å². The maximum atomic E-state index is 13.4. The molecule has 2 atom stereocenters. The number of benzene rings is 2. The number of ether oxygens (including phenoxy) is 3. The van der Waals surface area contributed by atoms with Crippen LogP contribution < -0.4 is 4.90 Å². The summed E-state index contributed by atoms with van der Waals surface area (Å²) in [7, 11) is 2.55. The molecule has 1 aliphatic heterocycles. The van der Waals surface area contributed by atoms with Crippen molar-refractivity contribution in [1.29, 1.82) is 10.7 Å². The Kier molecular flexibility index (Phi) is 8.35. The number of esters is 2. The number of methoxy groups -OCH3 is 2. The van der Waals surface area contributed by atoms with Crippen molar-refractivity contribution in [3.8, 4) is 6.07 Å². The Hall–Kier alpha value is -4.17. The number of alkyl halides is 3. The Morgan fingerprint density at radius 3 is 2.35 bits per heavy atom. The van der Waals surface area contributed by atoms with E-state index in [1.807, 2.05) is 6.07 Å². The van der Waals surface area contributed by atoms with Gasteiger partial charge in [0.05, 0.1) is 36.5 Å². The zero-order chi connectivity index (χ0) is 27.3. The van der Waals surface area contributed by atoms with Crippen LogP contribution in [0.5, 0.6) is 0 Å². The number of nitriles is 1. The minimum atomic E-state index is -4.65. The fraction of sp³-hybridized carbons (Fsp3) is 0.308. The number of anilines is 1. The average molecular weight is 515 g/mol. The van der Waals surface area contributed by atoms with Crippen molar-refractivity contribution < 1.29 is 37.0 Å². The largest absolute Gasteiger partial charge is 0.466 e. The van der Waals surface area contributed by atoms with Crippen LogP contribution in [0.3, 0.4) is 0 Å². The summed E-state index contributed by atoms with van der Waals surface area (Å²) in [5.41, 5.74) is -0.188.